The molecule has 1 unspecified atom stereocenters. The number of halogens is 1. The van der Waals surface area contributed by atoms with Gasteiger partial charge < -0.3 is 5.21 Å². The van der Waals surface area contributed by atoms with Crippen LogP contribution >= 0.6 is 11.6 Å². The molecule has 5 heteroatoms. The highest BCUT2D eigenvalue weighted by Crippen LogP contribution is 2.18. The van der Waals surface area contributed by atoms with Gasteiger partial charge in [-0.25, -0.2) is 4.98 Å². The second-order valence-corrected chi connectivity index (χ2v) is 4.99. The topological polar surface area (TPSA) is 57.8 Å². The van der Waals surface area contributed by atoms with Crippen LogP contribution in [0.2, 0.25) is 5.15 Å². The first kappa shape index (κ1) is 15.2. The molecular weight excluding hydrogens is 286 g/mol. The van der Waals surface area contributed by atoms with Crippen LogP contribution in [0.4, 0.5) is 0 Å². The molecule has 1 atom stereocenters. The number of hydrogen-bond acceptors (Lipinski definition) is 4. The Bertz CT molecular complexity index is 624. The fraction of sp³-hybridized carbons (Fsp3) is 0.188. The van der Waals surface area contributed by atoms with Crippen molar-refractivity contribution in [2.75, 3.05) is 0 Å². The lowest BCUT2D eigenvalue weighted by molar-refractivity contribution is 0.322. The van der Waals surface area contributed by atoms with E-state index < -0.39 is 0 Å². The molecule has 2 aromatic rings. The van der Waals surface area contributed by atoms with Crippen molar-refractivity contribution in [2.45, 2.75) is 19.4 Å². The zero-order valence-electron chi connectivity index (χ0n) is 11.6. The summed E-state index contributed by atoms with van der Waals surface area (Å²) in [5.41, 5.74) is 2.75. The normalized spacial score (nSPS) is 13.5. The number of oxime groups is 1. The van der Waals surface area contributed by atoms with Crippen LogP contribution < -0.4 is 0 Å². The minimum atomic E-state index is -0.0330. The molecule has 0 bridgehead atoms. The summed E-state index contributed by atoms with van der Waals surface area (Å²) in [6.45, 7) is 2.52. The molecule has 1 aromatic carbocycles. The van der Waals surface area contributed by atoms with E-state index in [-0.39, 0.29) is 5.92 Å². The standard InChI is InChI=1S/C16H16ClN3O/c1-12(14-7-8-16(17)19-10-14)15(11-20-21)18-9-13-5-3-2-4-6-13/h2-8,10-12,21H,9H2,1H3. The molecule has 2 rings (SSSR count). The molecule has 0 amide bonds. The monoisotopic (exact) mass is 301 g/mol. The maximum atomic E-state index is 8.83. The molecule has 0 radical (unpaired) electrons. The number of rotatable bonds is 5. The number of aliphatic imine (C=N–C) groups is 1. The van der Waals surface area contributed by atoms with Gasteiger partial charge in [-0.15, -0.1) is 0 Å². The number of aromatic nitrogens is 1. The van der Waals surface area contributed by atoms with Gasteiger partial charge in [0.2, 0.25) is 0 Å². The van der Waals surface area contributed by atoms with Gasteiger partial charge >= 0.3 is 0 Å². The Morgan fingerprint density at radius 2 is 2.05 bits per heavy atom. The Kier molecular flexibility index (Phi) is 5.46. The number of pyridine rings is 1. The van der Waals surface area contributed by atoms with Crippen LogP contribution in [0.5, 0.6) is 0 Å². The number of benzene rings is 1. The molecular formula is C16H16ClN3O. The Labute approximate surface area is 128 Å². The van der Waals surface area contributed by atoms with Crippen LogP contribution in [-0.2, 0) is 6.54 Å². The van der Waals surface area contributed by atoms with Crippen molar-refractivity contribution in [3.05, 3.63) is 64.9 Å². The average Bonchev–Trinajstić information content (AvgIpc) is 2.52. The third-order valence-corrected chi connectivity index (χ3v) is 3.39. The number of nitrogens with zero attached hydrogens (tertiary/aromatic N) is 3. The highest BCUT2D eigenvalue weighted by Gasteiger charge is 2.12. The van der Waals surface area contributed by atoms with Crippen molar-refractivity contribution in [1.29, 1.82) is 0 Å². The van der Waals surface area contributed by atoms with E-state index in [1.54, 1.807) is 12.3 Å². The third kappa shape index (κ3) is 4.39. The van der Waals surface area contributed by atoms with Crippen LogP contribution in [-0.4, -0.2) is 22.1 Å². The van der Waals surface area contributed by atoms with E-state index in [0.29, 0.717) is 17.4 Å². The van der Waals surface area contributed by atoms with E-state index in [4.69, 9.17) is 16.8 Å². The molecule has 0 aliphatic rings. The SMILES string of the molecule is CC(C(C=NO)=NCc1ccccc1)c1ccc(Cl)nc1. The molecule has 4 nitrogen and oxygen atoms in total. The number of hydrogen-bond donors (Lipinski definition) is 1. The highest BCUT2D eigenvalue weighted by molar-refractivity contribution is 6.33. The summed E-state index contributed by atoms with van der Waals surface area (Å²) in [5.74, 6) is -0.0330. The van der Waals surface area contributed by atoms with Crippen molar-refractivity contribution in [2.24, 2.45) is 10.1 Å². The third-order valence-electron chi connectivity index (χ3n) is 3.17. The Balaban J connectivity index is 2.19. The summed E-state index contributed by atoms with van der Waals surface area (Å²) in [4.78, 5) is 8.59. The first-order chi connectivity index (χ1) is 10.2. The fourth-order valence-corrected chi connectivity index (χ4v) is 2.04. The van der Waals surface area contributed by atoms with Gasteiger partial charge in [0.05, 0.1) is 18.5 Å². The van der Waals surface area contributed by atoms with Crippen molar-refractivity contribution in [3.8, 4) is 0 Å². The summed E-state index contributed by atoms with van der Waals surface area (Å²) in [7, 11) is 0. The second kappa shape index (κ2) is 7.55. The summed E-state index contributed by atoms with van der Waals surface area (Å²) < 4.78 is 0. The van der Waals surface area contributed by atoms with Crippen molar-refractivity contribution < 1.29 is 5.21 Å². The summed E-state index contributed by atoms with van der Waals surface area (Å²) >= 11 is 5.79. The summed E-state index contributed by atoms with van der Waals surface area (Å²) in [6, 6.07) is 13.5. The van der Waals surface area contributed by atoms with Gasteiger partial charge in [0.1, 0.15) is 5.15 Å². The maximum Gasteiger partial charge on any atom is 0.129 e. The van der Waals surface area contributed by atoms with Gasteiger partial charge in [0.25, 0.3) is 0 Å². The summed E-state index contributed by atoms with van der Waals surface area (Å²) in [5, 5.41) is 12.4. The van der Waals surface area contributed by atoms with Gasteiger partial charge in [0.15, 0.2) is 0 Å². The quantitative estimate of drug-likeness (QED) is 0.393. The first-order valence-corrected chi connectivity index (χ1v) is 6.95. The second-order valence-electron chi connectivity index (χ2n) is 4.61. The highest BCUT2D eigenvalue weighted by atomic mass is 35.5. The molecule has 108 valence electrons. The summed E-state index contributed by atoms with van der Waals surface area (Å²) in [6.07, 6.45) is 3.07. The molecule has 21 heavy (non-hydrogen) atoms. The smallest absolute Gasteiger partial charge is 0.129 e. The van der Waals surface area contributed by atoms with E-state index in [1.807, 2.05) is 43.3 Å². The molecule has 0 aliphatic heterocycles. The van der Waals surface area contributed by atoms with E-state index in [0.717, 1.165) is 11.1 Å². The van der Waals surface area contributed by atoms with Crippen LogP contribution in [0.25, 0.3) is 0 Å². The van der Waals surface area contributed by atoms with E-state index in [9.17, 15) is 0 Å². The van der Waals surface area contributed by atoms with Crippen molar-refractivity contribution in [1.82, 2.24) is 4.98 Å². The lowest BCUT2D eigenvalue weighted by Crippen LogP contribution is -2.12. The minimum absolute atomic E-state index is 0.0330. The Morgan fingerprint density at radius 3 is 2.67 bits per heavy atom. The first-order valence-electron chi connectivity index (χ1n) is 6.58. The molecule has 0 saturated heterocycles. The molecule has 0 aliphatic carbocycles. The van der Waals surface area contributed by atoms with Crippen LogP contribution in [0.3, 0.4) is 0 Å². The predicted molar refractivity (Wildman–Crippen MR) is 85.5 cm³/mol. The lowest BCUT2D eigenvalue weighted by Gasteiger charge is -2.11. The lowest BCUT2D eigenvalue weighted by atomic mass is 9.98. The molecule has 1 heterocycles. The largest absolute Gasteiger partial charge is 0.411 e. The maximum absolute atomic E-state index is 8.83. The molecule has 1 N–H and O–H groups in total. The van der Waals surface area contributed by atoms with Crippen LogP contribution in [0.1, 0.15) is 24.0 Å². The molecule has 1 aromatic heterocycles. The van der Waals surface area contributed by atoms with E-state index in [1.165, 1.54) is 6.21 Å². The van der Waals surface area contributed by atoms with Gasteiger partial charge in [-0.3, -0.25) is 4.99 Å². The zero-order chi connectivity index (χ0) is 15.1. The van der Waals surface area contributed by atoms with Gasteiger partial charge in [-0.2, -0.15) is 0 Å². The zero-order valence-corrected chi connectivity index (χ0v) is 12.4. The van der Waals surface area contributed by atoms with Crippen LogP contribution in [0, 0.1) is 0 Å². The minimum Gasteiger partial charge on any atom is -0.411 e. The van der Waals surface area contributed by atoms with Crippen molar-refractivity contribution in [3.63, 3.8) is 0 Å². The van der Waals surface area contributed by atoms with Crippen LogP contribution in [0.15, 0.2) is 58.8 Å². The Morgan fingerprint density at radius 1 is 1.29 bits per heavy atom. The average molecular weight is 302 g/mol. The predicted octanol–water partition coefficient (Wildman–Crippen LogP) is 3.94. The fourth-order valence-electron chi connectivity index (χ4n) is 1.93. The van der Waals surface area contributed by atoms with Gasteiger partial charge in [-0.1, -0.05) is 60.1 Å². The van der Waals surface area contributed by atoms with Crippen molar-refractivity contribution >= 4 is 23.5 Å². The van der Waals surface area contributed by atoms with Gasteiger partial charge in [0, 0.05) is 12.1 Å². The van der Waals surface area contributed by atoms with E-state index >= 15 is 0 Å². The molecule has 0 saturated carbocycles. The van der Waals surface area contributed by atoms with E-state index in [2.05, 4.69) is 15.1 Å². The molecule has 0 spiro atoms. The van der Waals surface area contributed by atoms with Gasteiger partial charge in [-0.05, 0) is 17.2 Å². The Hall–Kier alpha value is -2.20. The molecule has 0 fully saturated rings.